The van der Waals surface area contributed by atoms with Crippen LogP contribution in [0.5, 0.6) is 11.6 Å². The SMILES string of the molecule is Cc1ccc2c(NCc3ncsc3C)cccc2c1Oc1ncccc1-c1ccnc(N)n1. The highest BCUT2D eigenvalue weighted by Crippen LogP contribution is 2.38. The average Bonchev–Trinajstić information content (AvgIpc) is 3.24. The summed E-state index contributed by atoms with van der Waals surface area (Å²) in [6, 6.07) is 15.9. The molecular weight excluding hydrogens is 432 g/mol. The van der Waals surface area contributed by atoms with Gasteiger partial charge >= 0.3 is 0 Å². The van der Waals surface area contributed by atoms with Crippen molar-refractivity contribution in [2.24, 2.45) is 0 Å². The third kappa shape index (κ3) is 4.20. The number of nitrogens with one attached hydrogen (secondary N) is 1. The summed E-state index contributed by atoms with van der Waals surface area (Å²) in [6.07, 6.45) is 3.33. The first-order chi connectivity index (χ1) is 16.1. The number of aromatic nitrogens is 4. The molecule has 0 spiro atoms. The molecule has 8 heteroatoms. The third-order valence-electron chi connectivity index (χ3n) is 5.42. The molecule has 2 aromatic carbocycles. The number of thiazole rings is 1. The molecule has 0 fully saturated rings. The molecule has 33 heavy (non-hydrogen) atoms. The van der Waals surface area contributed by atoms with Crippen LogP contribution in [-0.4, -0.2) is 19.9 Å². The Morgan fingerprint density at radius 2 is 1.85 bits per heavy atom. The number of rotatable bonds is 6. The molecule has 3 heterocycles. The van der Waals surface area contributed by atoms with Gasteiger partial charge in [0.05, 0.1) is 29.0 Å². The van der Waals surface area contributed by atoms with Gasteiger partial charge < -0.3 is 15.8 Å². The molecule has 0 amide bonds. The molecule has 164 valence electrons. The molecule has 0 atom stereocenters. The normalized spacial score (nSPS) is 11.0. The van der Waals surface area contributed by atoms with E-state index in [4.69, 9.17) is 10.5 Å². The molecule has 0 unspecified atom stereocenters. The predicted molar refractivity (Wildman–Crippen MR) is 133 cm³/mol. The zero-order valence-corrected chi connectivity index (χ0v) is 19.1. The van der Waals surface area contributed by atoms with Gasteiger partial charge in [-0.3, -0.25) is 0 Å². The number of anilines is 2. The number of pyridine rings is 1. The minimum Gasteiger partial charge on any atom is -0.437 e. The number of nitrogens with zero attached hydrogens (tertiary/aromatic N) is 4. The number of benzene rings is 2. The highest BCUT2D eigenvalue weighted by atomic mass is 32.1. The summed E-state index contributed by atoms with van der Waals surface area (Å²) in [6.45, 7) is 4.78. The Balaban J connectivity index is 1.53. The van der Waals surface area contributed by atoms with E-state index < -0.39 is 0 Å². The van der Waals surface area contributed by atoms with Crippen LogP contribution >= 0.6 is 11.3 Å². The van der Waals surface area contributed by atoms with E-state index >= 15 is 0 Å². The number of fused-ring (bicyclic) bond motifs is 1. The van der Waals surface area contributed by atoms with Gasteiger partial charge in [-0.1, -0.05) is 24.3 Å². The van der Waals surface area contributed by atoms with E-state index in [1.807, 2.05) is 30.6 Å². The van der Waals surface area contributed by atoms with Crippen molar-refractivity contribution < 1.29 is 4.74 Å². The minimum absolute atomic E-state index is 0.203. The molecule has 0 aliphatic carbocycles. The van der Waals surface area contributed by atoms with Crippen molar-refractivity contribution in [3.8, 4) is 22.9 Å². The second-order valence-corrected chi connectivity index (χ2v) is 8.64. The topological polar surface area (TPSA) is 98.8 Å². The number of aryl methyl sites for hydroxylation is 2. The monoisotopic (exact) mass is 454 g/mol. The lowest BCUT2D eigenvalue weighted by atomic mass is 10.0. The third-order valence-corrected chi connectivity index (χ3v) is 6.22. The van der Waals surface area contributed by atoms with Crippen molar-refractivity contribution in [2.45, 2.75) is 20.4 Å². The van der Waals surface area contributed by atoms with Crippen LogP contribution in [0, 0.1) is 13.8 Å². The molecule has 0 aliphatic rings. The van der Waals surface area contributed by atoms with Gasteiger partial charge in [-0.15, -0.1) is 11.3 Å². The molecule has 0 saturated carbocycles. The summed E-state index contributed by atoms with van der Waals surface area (Å²) in [5.74, 6) is 1.42. The van der Waals surface area contributed by atoms with Crippen LogP contribution in [0.2, 0.25) is 0 Å². The molecule has 5 aromatic rings. The van der Waals surface area contributed by atoms with E-state index in [0.717, 1.165) is 39.0 Å². The number of ether oxygens (including phenoxy) is 1. The lowest BCUT2D eigenvalue weighted by molar-refractivity contribution is 0.466. The van der Waals surface area contributed by atoms with Gasteiger partial charge in [0, 0.05) is 33.7 Å². The van der Waals surface area contributed by atoms with Gasteiger partial charge in [-0.25, -0.2) is 19.9 Å². The Kier molecular flexibility index (Phi) is 5.58. The summed E-state index contributed by atoms with van der Waals surface area (Å²) in [5, 5.41) is 5.59. The summed E-state index contributed by atoms with van der Waals surface area (Å²) in [7, 11) is 0. The van der Waals surface area contributed by atoms with Crippen LogP contribution in [0.25, 0.3) is 22.0 Å². The molecule has 7 nitrogen and oxygen atoms in total. The van der Waals surface area contributed by atoms with Crippen LogP contribution in [0.4, 0.5) is 11.6 Å². The second kappa shape index (κ2) is 8.84. The molecule has 5 rings (SSSR count). The molecule has 3 aromatic heterocycles. The highest BCUT2D eigenvalue weighted by molar-refractivity contribution is 7.09. The fourth-order valence-corrected chi connectivity index (χ4v) is 4.29. The number of nitrogens with two attached hydrogens (primary N) is 1. The lowest BCUT2D eigenvalue weighted by Gasteiger charge is -2.16. The first-order valence-corrected chi connectivity index (χ1v) is 11.3. The van der Waals surface area contributed by atoms with E-state index in [2.05, 4.69) is 56.4 Å². The van der Waals surface area contributed by atoms with Crippen molar-refractivity contribution in [1.29, 1.82) is 0 Å². The van der Waals surface area contributed by atoms with Crippen molar-refractivity contribution in [3.63, 3.8) is 0 Å². The fraction of sp³-hybridized carbons (Fsp3) is 0.120. The summed E-state index contributed by atoms with van der Waals surface area (Å²) < 4.78 is 6.42. The maximum atomic E-state index is 6.42. The number of hydrogen-bond acceptors (Lipinski definition) is 8. The second-order valence-electron chi connectivity index (χ2n) is 7.58. The summed E-state index contributed by atoms with van der Waals surface area (Å²) in [4.78, 5) is 18.5. The summed E-state index contributed by atoms with van der Waals surface area (Å²) in [5.41, 5.74) is 12.2. The van der Waals surface area contributed by atoms with Crippen LogP contribution in [0.15, 0.2) is 66.4 Å². The molecule has 0 aliphatic heterocycles. The van der Waals surface area contributed by atoms with E-state index in [-0.39, 0.29) is 5.95 Å². The van der Waals surface area contributed by atoms with Crippen LogP contribution in [0.3, 0.4) is 0 Å². The number of hydrogen-bond donors (Lipinski definition) is 2. The van der Waals surface area contributed by atoms with Crippen molar-refractivity contribution in [1.82, 2.24) is 19.9 Å². The van der Waals surface area contributed by atoms with Gasteiger partial charge in [0.25, 0.3) is 0 Å². The first kappa shape index (κ1) is 20.8. The first-order valence-electron chi connectivity index (χ1n) is 10.5. The van der Waals surface area contributed by atoms with Gasteiger partial charge in [0.1, 0.15) is 5.75 Å². The van der Waals surface area contributed by atoms with E-state index in [0.29, 0.717) is 18.1 Å². The van der Waals surface area contributed by atoms with Crippen molar-refractivity contribution >= 4 is 33.7 Å². The minimum atomic E-state index is 0.203. The zero-order valence-electron chi connectivity index (χ0n) is 18.2. The molecule has 3 N–H and O–H groups in total. The standard InChI is InChI=1S/C25H22N6OS/c1-15-8-9-17-18(5-3-7-20(17)29-13-22-16(2)33-14-30-22)23(15)32-24-19(6-4-11-27-24)21-10-12-28-25(26)31-21/h3-12,14,29H,13H2,1-2H3,(H2,26,28,31). The van der Waals surface area contributed by atoms with Crippen LogP contribution < -0.4 is 15.8 Å². The smallest absolute Gasteiger partial charge is 0.228 e. The van der Waals surface area contributed by atoms with Crippen LogP contribution in [-0.2, 0) is 6.54 Å². The van der Waals surface area contributed by atoms with Crippen molar-refractivity contribution in [3.05, 3.63) is 82.6 Å². The lowest BCUT2D eigenvalue weighted by Crippen LogP contribution is -2.02. The fourth-order valence-electron chi connectivity index (χ4n) is 3.69. The molecule has 0 radical (unpaired) electrons. The van der Waals surface area contributed by atoms with Gasteiger partial charge in [0.2, 0.25) is 11.8 Å². The Morgan fingerprint density at radius 1 is 0.939 bits per heavy atom. The number of nitrogen functional groups attached to an aromatic ring is 1. The summed E-state index contributed by atoms with van der Waals surface area (Å²) >= 11 is 1.65. The van der Waals surface area contributed by atoms with Gasteiger partial charge in [-0.2, -0.15) is 0 Å². The Hall–Kier alpha value is -4.04. The van der Waals surface area contributed by atoms with Crippen molar-refractivity contribution in [2.75, 3.05) is 11.1 Å². The molecular formula is C25H22N6OS. The molecule has 0 saturated heterocycles. The average molecular weight is 455 g/mol. The Labute approximate surface area is 195 Å². The maximum absolute atomic E-state index is 6.42. The molecule has 0 bridgehead atoms. The largest absolute Gasteiger partial charge is 0.437 e. The Morgan fingerprint density at radius 3 is 2.67 bits per heavy atom. The van der Waals surface area contributed by atoms with E-state index in [1.165, 1.54) is 4.88 Å². The quantitative estimate of drug-likeness (QED) is 0.337. The zero-order chi connectivity index (χ0) is 22.8. The maximum Gasteiger partial charge on any atom is 0.228 e. The highest BCUT2D eigenvalue weighted by Gasteiger charge is 2.15. The van der Waals surface area contributed by atoms with E-state index in [9.17, 15) is 0 Å². The Bertz CT molecular complexity index is 1450. The van der Waals surface area contributed by atoms with Crippen LogP contribution in [0.1, 0.15) is 16.1 Å². The van der Waals surface area contributed by atoms with Gasteiger partial charge in [0.15, 0.2) is 0 Å². The predicted octanol–water partition coefficient (Wildman–Crippen LogP) is 5.75. The van der Waals surface area contributed by atoms with Gasteiger partial charge in [-0.05, 0) is 43.7 Å². The van der Waals surface area contributed by atoms with E-state index in [1.54, 1.807) is 29.8 Å².